The lowest BCUT2D eigenvalue weighted by Gasteiger charge is -2.11. The number of rotatable bonds is 4. The maximum Gasteiger partial charge on any atom is 0.254 e. The number of fused-ring (bicyclic) bond motifs is 1. The van der Waals surface area contributed by atoms with E-state index in [4.69, 9.17) is 4.74 Å². The summed E-state index contributed by atoms with van der Waals surface area (Å²) in [5.41, 5.74) is 5.23. The Balaban J connectivity index is 1.77. The van der Waals surface area contributed by atoms with E-state index in [-0.39, 0.29) is 0 Å². The Labute approximate surface area is 157 Å². The largest absolute Gasteiger partial charge is 0.497 e. The van der Waals surface area contributed by atoms with Crippen LogP contribution in [0.1, 0.15) is 16.8 Å². The summed E-state index contributed by atoms with van der Waals surface area (Å²) >= 11 is 0. The van der Waals surface area contributed by atoms with Crippen LogP contribution in [0.25, 0.3) is 17.2 Å². The van der Waals surface area contributed by atoms with Crippen LogP contribution in [-0.4, -0.2) is 26.7 Å². The van der Waals surface area contributed by atoms with Gasteiger partial charge in [-0.2, -0.15) is 9.50 Å². The molecule has 136 valence electrons. The average molecular weight is 359 g/mol. The molecule has 4 aromatic rings. The lowest BCUT2D eigenvalue weighted by molar-refractivity contribution is 0.415. The van der Waals surface area contributed by atoms with Crippen molar-refractivity contribution in [2.75, 3.05) is 12.4 Å². The van der Waals surface area contributed by atoms with Gasteiger partial charge in [-0.3, -0.25) is 0 Å². The summed E-state index contributed by atoms with van der Waals surface area (Å²) in [6.07, 6.45) is 0. The van der Waals surface area contributed by atoms with Crippen molar-refractivity contribution >= 4 is 17.3 Å². The van der Waals surface area contributed by atoms with Crippen molar-refractivity contribution in [1.29, 1.82) is 0 Å². The molecule has 4 rings (SSSR count). The number of nitrogens with zero attached hydrogens (tertiary/aromatic N) is 4. The summed E-state index contributed by atoms with van der Waals surface area (Å²) in [4.78, 5) is 9.12. The highest BCUT2D eigenvalue weighted by molar-refractivity contribution is 5.64. The van der Waals surface area contributed by atoms with Gasteiger partial charge in [0.25, 0.3) is 5.78 Å². The van der Waals surface area contributed by atoms with E-state index in [2.05, 4.69) is 52.4 Å². The fourth-order valence-electron chi connectivity index (χ4n) is 3.03. The smallest absolute Gasteiger partial charge is 0.254 e. The molecule has 0 fully saturated rings. The standard InChI is InChI=1S/C21H21N5O/c1-13-5-10-18(14(2)11-13)23-19-12-15(3)22-21-24-20(25-26(19)21)16-6-8-17(27-4)9-7-16/h5-12,23H,1-4H3. The Morgan fingerprint density at radius 2 is 1.70 bits per heavy atom. The second-order valence-electron chi connectivity index (χ2n) is 6.60. The van der Waals surface area contributed by atoms with Crippen LogP contribution in [0.3, 0.4) is 0 Å². The molecule has 0 unspecified atom stereocenters. The zero-order valence-corrected chi connectivity index (χ0v) is 15.8. The molecule has 2 aromatic heterocycles. The predicted molar refractivity (Wildman–Crippen MR) is 107 cm³/mol. The third kappa shape index (κ3) is 3.33. The number of aryl methyl sites for hydroxylation is 3. The zero-order chi connectivity index (χ0) is 19.0. The molecule has 0 bridgehead atoms. The third-order valence-corrected chi connectivity index (χ3v) is 4.43. The van der Waals surface area contributed by atoms with E-state index in [0.29, 0.717) is 11.6 Å². The van der Waals surface area contributed by atoms with Crippen LogP contribution in [0.4, 0.5) is 11.5 Å². The summed E-state index contributed by atoms with van der Waals surface area (Å²) in [5.74, 6) is 2.82. The van der Waals surface area contributed by atoms with Crippen LogP contribution >= 0.6 is 0 Å². The number of hydrogen-bond acceptors (Lipinski definition) is 5. The quantitative estimate of drug-likeness (QED) is 0.582. The minimum atomic E-state index is 0.563. The highest BCUT2D eigenvalue weighted by Crippen LogP contribution is 2.24. The molecule has 0 aliphatic rings. The van der Waals surface area contributed by atoms with Gasteiger partial charge < -0.3 is 10.1 Å². The second kappa shape index (κ2) is 6.72. The van der Waals surface area contributed by atoms with Gasteiger partial charge in [-0.1, -0.05) is 17.7 Å². The lowest BCUT2D eigenvalue weighted by Crippen LogP contribution is -2.03. The average Bonchev–Trinajstić information content (AvgIpc) is 3.08. The molecule has 0 aliphatic heterocycles. The molecule has 0 radical (unpaired) electrons. The van der Waals surface area contributed by atoms with Crippen LogP contribution in [0.2, 0.25) is 0 Å². The first kappa shape index (κ1) is 17.0. The maximum atomic E-state index is 5.22. The molecule has 2 aromatic carbocycles. The van der Waals surface area contributed by atoms with Crippen molar-refractivity contribution in [1.82, 2.24) is 19.6 Å². The molecule has 0 amide bonds. The van der Waals surface area contributed by atoms with Gasteiger partial charge in [-0.25, -0.2) is 4.98 Å². The monoisotopic (exact) mass is 359 g/mol. The minimum Gasteiger partial charge on any atom is -0.497 e. The van der Waals surface area contributed by atoms with Gasteiger partial charge in [0.2, 0.25) is 0 Å². The first-order valence-electron chi connectivity index (χ1n) is 8.76. The Morgan fingerprint density at radius 1 is 0.926 bits per heavy atom. The third-order valence-electron chi connectivity index (χ3n) is 4.43. The molecule has 6 nitrogen and oxygen atoms in total. The summed E-state index contributed by atoms with van der Waals surface area (Å²) in [6, 6.07) is 16.0. The van der Waals surface area contributed by atoms with E-state index >= 15 is 0 Å². The fourth-order valence-corrected chi connectivity index (χ4v) is 3.03. The highest BCUT2D eigenvalue weighted by Gasteiger charge is 2.12. The van der Waals surface area contributed by atoms with E-state index in [1.165, 1.54) is 11.1 Å². The van der Waals surface area contributed by atoms with Crippen molar-refractivity contribution in [2.24, 2.45) is 0 Å². The Bertz CT molecular complexity index is 1120. The number of nitrogens with one attached hydrogen (secondary N) is 1. The fraction of sp³-hybridized carbons (Fsp3) is 0.190. The van der Waals surface area contributed by atoms with E-state index in [0.717, 1.165) is 28.5 Å². The van der Waals surface area contributed by atoms with Gasteiger partial charge >= 0.3 is 0 Å². The predicted octanol–water partition coefficient (Wildman–Crippen LogP) is 4.47. The molecule has 0 saturated carbocycles. The molecule has 2 heterocycles. The van der Waals surface area contributed by atoms with E-state index in [1.54, 1.807) is 11.6 Å². The normalized spacial score (nSPS) is 11.0. The van der Waals surface area contributed by atoms with Crippen molar-refractivity contribution in [2.45, 2.75) is 20.8 Å². The van der Waals surface area contributed by atoms with E-state index in [9.17, 15) is 0 Å². The van der Waals surface area contributed by atoms with Crippen LogP contribution in [0.5, 0.6) is 5.75 Å². The number of benzene rings is 2. The van der Waals surface area contributed by atoms with Gasteiger partial charge in [-0.05, 0) is 56.7 Å². The molecular formula is C21H21N5O. The number of methoxy groups -OCH3 is 1. The van der Waals surface area contributed by atoms with E-state index in [1.807, 2.05) is 37.3 Å². The first-order chi connectivity index (χ1) is 13.0. The summed E-state index contributed by atoms with van der Waals surface area (Å²) in [6.45, 7) is 6.13. The van der Waals surface area contributed by atoms with E-state index < -0.39 is 0 Å². The SMILES string of the molecule is COc1ccc(-c2nc3nc(C)cc(Nc4ccc(C)cc4C)n3n2)cc1. The molecule has 0 atom stereocenters. The number of hydrogen-bond donors (Lipinski definition) is 1. The van der Waals surface area contributed by atoms with Crippen molar-refractivity contribution in [3.05, 3.63) is 65.4 Å². The second-order valence-corrected chi connectivity index (χ2v) is 6.60. The van der Waals surface area contributed by atoms with Crippen LogP contribution < -0.4 is 10.1 Å². The highest BCUT2D eigenvalue weighted by atomic mass is 16.5. The Hall–Kier alpha value is -3.41. The van der Waals surface area contributed by atoms with Crippen LogP contribution in [0, 0.1) is 20.8 Å². The van der Waals surface area contributed by atoms with Gasteiger partial charge in [0.1, 0.15) is 11.6 Å². The number of ether oxygens (including phenoxy) is 1. The molecule has 0 spiro atoms. The summed E-state index contributed by atoms with van der Waals surface area (Å²) < 4.78 is 6.96. The molecule has 1 N–H and O–H groups in total. The van der Waals surface area contributed by atoms with Crippen molar-refractivity contribution in [3.8, 4) is 17.1 Å². The molecule has 0 aliphatic carbocycles. The molecule has 27 heavy (non-hydrogen) atoms. The molecular weight excluding hydrogens is 338 g/mol. The van der Waals surface area contributed by atoms with Crippen molar-refractivity contribution < 1.29 is 4.74 Å². The first-order valence-corrected chi connectivity index (χ1v) is 8.76. The summed E-state index contributed by atoms with van der Waals surface area (Å²) in [5, 5.41) is 8.13. The zero-order valence-electron chi connectivity index (χ0n) is 15.8. The van der Waals surface area contributed by atoms with Crippen molar-refractivity contribution in [3.63, 3.8) is 0 Å². The maximum absolute atomic E-state index is 5.22. The van der Waals surface area contributed by atoms with Gasteiger partial charge in [0.05, 0.1) is 7.11 Å². The van der Waals surface area contributed by atoms with Gasteiger partial charge in [-0.15, -0.1) is 5.10 Å². The van der Waals surface area contributed by atoms with Gasteiger partial charge in [0, 0.05) is 23.0 Å². The van der Waals surface area contributed by atoms with Gasteiger partial charge in [0.15, 0.2) is 5.82 Å². The number of anilines is 2. The van der Waals surface area contributed by atoms with Crippen LogP contribution in [-0.2, 0) is 0 Å². The Kier molecular flexibility index (Phi) is 4.24. The minimum absolute atomic E-state index is 0.563. The topological polar surface area (TPSA) is 64.3 Å². The van der Waals surface area contributed by atoms with Crippen LogP contribution in [0.15, 0.2) is 48.5 Å². The molecule has 6 heteroatoms. The molecule has 0 saturated heterocycles. The summed E-state index contributed by atoms with van der Waals surface area (Å²) in [7, 11) is 1.65. The number of aromatic nitrogens is 4. The Morgan fingerprint density at radius 3 is 2.41 bits per heavy atom. The lowest BCUT2D eigenvalue weighted by atomic mass is 10.1.